The third-order valence-electron chi connectivity index (χ3n) is 3.66. The fraction of sp³-hybridized carbons (Fsp3) is 0.278. The summed E-state index contributed by atoms with van der Waals surface area (Å²) in [5.74, 6) is -0.733. The van der Waals surface area contributed by atoms with Gasteiger partial charge in [-0.1, -0.05) is 23.8 Å². The van der Waals surface area contributed by atoms with Crippen LogP contribution in [0, 0.1) is 19.7 Å². The van der Waals surface area contributed by atoms with Gasteiger partial charge in [0.2, 0.25) is 0 Å². The number of hydrogen-bond donors (Lipinski definition) is 1. The van der Waals surface area contributed by atoms with Crippen molar-refractivity contribution in [1.82, 2.24) is 5.32 Å². The number of methoxy groups -OCH3 is 1. The third kappa shape index (κ3) is 3.45. The van der Waals surface area contributed by atoms with E-state index in [1.807, 2.05) is 32.9 Å². The highest BCUT2D eigenvalue weighted by Gasteiger charge is 2.15. The number of ether oxygens (including phenoxy) is 1. The van der Waals surface area contributed by atoms with E-state index in [2.05, 4.69) is 11.4 Å². The van der Waals surface area contributed by atoms with Crippen LogP contribution < -0.4 is 10.1 Å². The highest BCUT2D eigenvalue weighted by molar-refractivity contribution is 5.94. The van der Waals surface area contributed by atoms with Gasteiger partial charge in [-0.25, -0.2) is 4.39 Å². The first-order valence-electron chi connectivity index (χ1n) is 7.14. The van der Waals surface area contributed by atoms with Crippen LogP contribution in [0.3, 0.4) is 0 Å². The van der Waals surface area contributed by atoms with Gasteiger partial charge in [-0.3, -0.25) is 4.79 Å². The van der Waals surface area contributed by atoms with Crippen molar-refractivity contribution in [3.05, 3.63) is 64.5 Å². The third-order valence-corrected chi connectivity index (χ3v) is 3.66. The molecule has 0 aliphatic rings. The monoisotopic (exact) mass is 301 g/mol. The number of carbonyl (C=O) groups excluding carboxylic acids is 1. The first kappa shape index (κ1) is 16.0. The van der Waals surface area contributed by atoms with Crippen molar-refractivity contribution >= 4 is 5.91 Å². The molecule has 0 saturated heterocycles. The molecular formula is C18H20FNO2. The minimum atomic E-state index is -0.547. The predicted octanol–water partition coefficient (Wildman–Crippen LogP) is 3.94. The average Bonchev–Trinajstić information content (AvgIpc) is 2.49. The summed E-state index contributed by atoms with van der Waals surface area (Å²) in [6.45, 7) is 5.93. The van der Waals surface area contributed by atoms with Crippen molar-refractivity contribution in [3.8, 4) is 5.75 Å². The molecule has 1 atom stereocenters. The first-order valence-corrected chi connectivity index (χ1v) is 7.14. The Hall–Kier alpha value is -2.36. The van der Waals surface area contributed by atoms with Crippen LogP contribution in [0.15, 0.2) is 36.4 Å². The van der Waals surface area contributed by atoms with Crippen molar-refractivity contribution in [1.29, 1.82) is 0 Å². The summed E-state index contributed by atoms with van der Waals surface area (Å²) in [4.78, 5) is 12.3. The molecule has 1 amide bonds. The summed E-state index contributed by atoms with van der Waals surface area (Å²) in [5, 5.41) is 2.90. The van der Waals surface area contributed by atoms with E-state index in [-0.39, 0.29) is 23.3 Å². The zero-order valence-electron chi connectivity index (χ0n) is 13.2. The number of aryl methyl sites for hydroxylation is 2. The smallest absolute Gasteiger partial charge is 0.251 e. The molecule has 0 heterocycles. The molecule has 2 aromatic rings. The molecule has 0 bridgehead atoms. The molecule has 116 valence electrons. The van der Waals surface area contributed by atoms with Crippen molar-refractivity contribution in [2.75, 3.05) is 7.11 Å². The molecule has 0 spiro atoms. The van der Waals surface area contributed by atoms with E-state index < -0.39 is 5.82 Å². The van der Waals surface area contributed by atoms with Gasteiger partial charge in [0.05, 0.1) is 13.2 Å². The fourth-order valence-corrected chi connectivity index (χ4v) is 2.39. The van der Waals surface area contributed by atoms with Gasteiger partial charge in [0.15, 0.2) is 11.6 Å². The molecule has 0 aromatic heterocycles. The van der Waals surface area contributed by atoms with Gasteiger partial charge in [-0.2, -0.15) is 0 Å². The highest BCUT2D eigenvalue weighted by Crippen LogP contribution is 2.21. The molecule has 4 heteroatoms. The number of hydrogen-bond acceptors (Lipinski definition) is 2. The maximum absolute atomic E-state index is 13.7. The zero-order valence-corrected chi connectivity index (χ0v) is 13.2. The van der Waals surface area contributed by atoms with E-state index in [0.29, 0.717) is 0 Å². The quantitative estimate of drug-likeness (QED) is 0.929. The maximum atomic E-state index is 13.7. The Kier molecular flexibility index (Phi) is 4.81. The van der Waals surface area contributed by atoms with Gasteiger partial charge in [-0.05, 0) is 50.1 Å². The average molecular weight is 301 g/mol. The molecule has 0 aliphatic carbocycles. The molecule has 3 nitrogen and oxygen atoms in total. The number of nitrogens with one attached hydrogen (secondary N) is 1. The van der Waals surface area contributed by atoms with Crippen LogP contribution in [0.5, 0.6) is 5.75 Å². The molecule has 2 aromatic carbocycles. The van der Waals surface area contributed by atoms with Gasteiger partial charge in [0.1, 0.15) is 0 Å². The lowest BCUT2D eigenvalue weighted by molar-refractivity contribution is 0.0939. The fourth-order valence-electron chi connectivity index (χ4n) is 2.39. The van der Waals surface area contributed by atoms with Gasteiger partial charge >= 0.3 is 0 Å². The Bertz CT molecular complexity index is 697. The Morgan fingerprint density at radius 2 is 1.91 bits per heavy atom. The zero-order chi connectivity index (χ0) is 16.3. The first-order chi connectivity index (χ1) is 10.4. The van der Waals surface area contributed by atoms with Gasteiger partial charge in [0, 0.05) is 5.56 Å². The molecule has 0 aliphatic heterocycles. The number of halogens is 1. The molecule has 0 radical (unpaired) electrons. The van der Waals surface area contributed by atoms with E-state index in [1.54, 1.807) is 6.07 Å². The van der Waals surface area contributed by atoms with Crippen LogP contribution in [-0.2, 0) is 0 Å². The highest BCUT2D eigenvalue weighted by atomic mass is 19.1. The summed E-state index contributed by atoms with van der Waals surface area (Å²) < 4.78 is 18.5. The summed E-state index contributed by atoms with van der Waals surface area (Å²) in [5.41, 5.74) is 3.58. The number of benzene rings is 2. The lowest BCUT2D eigenvalue weighted by Crippen LogP contribution is -2.27. The lowest BCUT2D eigenvalue weighted by Gasteiger charge is -2.17. The van der Waals surface area contributed by atoms with E-state index in [4.69, 9.17) is 4.74 Å². The summed E-state index contributed by atoms with van der Waals surface area (Å²) in [7, 11) is 1.39. The van der Waals surface area contributed by atoms with Gasteiger partial charge in [-0.15, -0.1) is 0 Å². The number of carbonyl (C=O) groups is 1. The summed E-state index contributed by atoms with van der Waals surface area (Å²) in [6, 6.07) is 10.1. The Morgan fingerprint density at radius 1 is 1.18 bits per heavy atom. The molecule has 2 rings (SSSR count). The minimum Gasteiger partial charge on any atom is -0.494 e. The Morgan fingerprint density at radius 3 is 2.55 bits per heavy atom. The van der Waals surface area contributed by atoms with Crippen molar-refractivity contribution < 1.29 is 13.9 Å². The van der Waals surface area contributed by atoms with Crippen molar-refractivity contribution in [3.63, 3.8) is 0 Å². The van der Waals surface area contributed by atoms with Crippen LogP contribution in [0.4, 0.5) is 4.39 Å². The van der Waals surface area contributed by atoms with Crippen molar-refractivity contribution in [2.24, 2.45) is 0 Å². The van der Waals surface area contributed by atoms with E-state index in [9.17, 15) is 9.18 Å². The van der Waals surface area contributed by atoms with Gasteiger partial charge < -0.3 is 10.1 Å². The predicted molar refractivity (Wildman–Crippen MR) is 84.7 cm³/mol. The SMILES string of the molecule is COc1ccc(C(=O)N[C@H](C)c2cc(C)ccc2C)cc1F. The molecular weight excluding hydrogens is 281 g/mol. The van der Waals surface area contributed by atoms with E-state index >= 15 is 0 Å². The van der Waals surface area contributed by atoms with Crippen molar-refractivity contribution in [2.45, 2.75) is 26.8 Å². The second-order valence-electron chi connectivity index (χ2n) is 5.40. The van der Waals surface area contributed by atoms with Crippen LogP contribution >= 0.6 is 0 Å². The standard InChI is InChI=1S/C18H20FNO2/c1-11-5-6-12(2)15(9-11)13(3)20-18(21)14-7-8-17(22-4)16(19)10-14/h5-10,13H,1-4H3,(H,20,21)/t13-/m1/s1. The molecule has 0 unspecified atom stereocenters. The summed E-state index contributed by atoms with van der Waals surface area (Å²) in [6.07, 6.45) is 0. The lowest BCUT2D eigenvalue weighted by atomic mass is 9.99. The molecule has 1 N–H and O–H groups in total. The van der Waals surface area contributed by atoms with Crippen LogP contribution in [0.2, 0.25) is 0 Å². The molecule has 0 saturated carbocycles. The Labute approximate surface area is 130 Å². The minimum absolute atomic E-state index is 0.124. The Balaban J connectivity index is 2.17. The van der Waals surface area contributed by atoms with Crippen LogP contribution in [-0.4, -0.2) is 13.0 Å². The normalized spacial score (nSPS) is 11.9. The van der Waals surface area contributed by atoms with Gasteiger partial charge in [0.25, 0.3) is 5.91 Å². The van der Waals surface area contributed by atoms with Crippen LogP contribution in [0.25, 0.3) is 0 Å². The number of amides is 1. The largest absolute Gasteiger partial charge is 0.494 e. The topological polar surface area (TPSA) is 38.3 Å². The van der Waals surface area contributed by atoms with Crippen LogP contribution in [0.1, 0.15) is 40.0 Å². The second-order valence-corrected chi connectivity index (χ2v) is 5.40. The maximum Gasteiger partial charge on any atom is 0.251 e. The second kappa shape index (κ2) is 6.60. The molecule has 0 fully saturated rings. The van der Waals surface area contributed by atoms with E-state index in [0.717, 1.165) is 16.7 Å². The summed E-state index contributed by atoms with van der Waals surface area (Å²) >= 11 is 0. The number of rotatable bonds is 4. The van der Waals surface area contributed by atoms with E-state index in [1.165, 1.54) is 19.2 Å². The molecule has 22 heavy (non-hydrogen) atoms.